The maximum atomic E-state index is 5.04. The molecule has 0 aliphatic carbocycles. The average molecular weight is 885 g/mol. The Morgan fingerprint density at radius 1 is 0.294 bits per heavy atom. The van der Waals surface area contributed by atoms with E-state index in [1.165, 1.54) is 0 Å². The fourth-order valence-corrected chi connectivity index (χ4v) is 8.09. The number of hydrogen-bond acceptors (Lipinski definition) is 12. The van der Waals surface area contributed by atoms with Gasteiger partial charge in [0.1, 0.15) is 24.0 Å². The van der Waals surface area contributed by atoms with Crippen LogP contribution >= 0.6 is 0 Å². The smallest absolute Gasteiger partial charge is 0.160 e. The summed E-state index contributed by atoms with van der Waals surface area (Å²) in [6.45, 7) is 0. The second-order valence-corrected chi connectivity index (χ2v) is 16.0. The highest BCUT2D eigenvalue weighted by atomic mass is 15.3. The van der Waals surface area contributed by atoms with Crippen molar-refractivity contribution in [2.75, 3.05) is 14.1 Å². The Bertz CT molecular complexity index is 3210. The summed E-state index contributed by atoms with van der Waals surface area (Å²) < 4.78 is 0. The summed E-state index contributed by atoms with van der Waals surface area (Å²) in [6, 6.07) is 49.3. The van der Waals surface area contributed by atoms with Crippen molar-refractivity contribution in [2.24, 2.45) is 20.0 Å². The van der Waals surface area contributed by atoms with Gasteiger partial charge in [-0.15, -0.1) is 0 Å². The van der Waals surface area contributed by atoms with Crippen molar-refractivity contribution >= 4 is 23.3 Å². The monoisotopic (exact) mass is 884 g/mol. The van der Waals surface area contributed by atoms with Gasteiger partial charge in [-0.05, 0) is 117 Å². The van der Waals surface area contributed by atoms with Gasteiger partial charge in [0.25, 0.3) is 0 Å². The molecule has 12 heteroatoms. The Labute approximate surface area is 394 Å². The number of nitrogens with zero attached hydrogens (tertiary/aromatic N) is 12. The fourth-order valence-electron chi connectivity index (χ4n) is 8.09. The molecule has 6 aromatic heterocycles. The van der Waals surface area contributed by atoms with E-state index in [9.17, 15) is 0 Å². The molecule has 2 unspecified atom stereocenters. The largest absolute Gasteiger partial charge is 0.333 e. The summed E-state index contributed by atoms with van der Waals surface area (Å²) in [5.41, 5.74) is 12.8. The Morgan fingerprint density at radius 2 is 0.588 bits per heavy atom. The Morgan fingerprint density at radius 3 is 0.926 bits per heavy atom. The van der Waals surface area contributed by atoms with Gasteiger partial charge in [0, 0.05) is 111 Å². The normalized spacial score (nSPS) is 15.5. The zero-order valence-electron chi connectivity index (χ0n) is 37.3. The summed E-state index contributed by atoms with van der Waals surface area (Å²) in [5.74, 6) is 3.04. The third kappa shape index (κ3) is 9.46. The maximum absolute atomic E-state index is 5.04. The molecule has 9 aromatic rings. The number of rotatable bonds is 9. The lowest BCUT2D eigenvalue weighted by molar-refractivity contribution is 0.383. The molecule has 0 N–H and O–H groups in total. The van der Waals surface area contributed by atoms with E-state index in [-0.39, 0.29) is 12.3 Å². The van der Waals surface area contributed by atoms with E-state index in [4.69, 9.17) is 20.0 Å². The Hall–Kier alpha value is -9.16. The molecule has 0 radical (unpaired) electrons. The van der Waals surface area contributed by atoms with Gasteiger partial charge in [-0.1, -0.05) is 72.8 Å². The lowest BCUT2D eigenvalue weighted by atomic mass is 10.0. The van der Waals surface area contributed by atoms with Crippen LogP contribution in [0, 0.1) is 0 Å². The Kier molecular flexibility index (Phi) is 12.5. The summed E-state index contributed by atoms with van der Waals surface area (Å²) >= 11 is 0. The van der Waals surface area contributed by atoms with Crippen LogP contribution in [0.3, 0.4) is 0 Å². The van der Waals surface area contributed by atoms with E-state index in [0.717, 1.165) is 78.4 Å². The summed E-state index contributed by atoms with van der Waals surface area (Å²) in [7, 11) is 4.06. The predicted octanol–water partition coefficient (Wildman–Crippen LogP) is 10.4. The number of pyridine rings is 6. The standard InChI is InChI=1S/C31H24N6.C25H20N6/c1-37-30(26-8-4-22(5-9-26)24-12-17-32-18-13-24)35-29(28-3-2-16-34-21-28)36-31(37)27-10-6-23(7-11-27)25-14-19-33-20-15-25;1-31-24(20-6-4-18(5-7-20)19-8-13-26-14-9-19)29-23(22-3-2-12-28-17-22)30-25(31)21-10-15-27-16-11-21/h2-21,30H,1H3;2-17,24H,1H3. The molecule has 2 atom stereocenters. The molecule has 0 spiro atoms. The summed E-state index contributed by atoms with van der Waals surface area (Å²) in [5, 5.41) is 0. The van der Waals surface area contributed by atoms with Crippen LogP contribution in [0.5, 0.6) is 0 Å². The van der Waals surface area contributed by atoms with Crippen molar-refractivity contribution < 1.29 is 0 Å². The zero-order valence-corrected chi connectivity index (χ0v) is 37.3. The molecule has 328 valence electrons. The minimum atomic E-state index is -0.228. The highest BCUT2D eigenvalue weighted by Crippen LogP contribution is 2.32. The quantitative estimate of drug-likeness (QED) is 0.140. The first-order chi connectivity index (χ1) is 33.6. The second-order valence-electron chi connectivity index (χ2n) is 16.0. The van der Waals surface area contributed by atoms with Gasteiger partial charge < -0.3 is 9.80 Å². The minimum Gasteiger partial charge on any atom is -0.333 e. The van der Waals surface area contributed by atoms with Crippen LogP contribution in [0.2, 0.25) is 0 Å². The van der Waals surface area contributed by atoms with Crippen LogP contribution in [-0.4, -0.2) is 77.1 Å². The second kappa shape index (κ2) is 19.9. The van der Waals surface area contributed by atoms with E-state index in [2.05, 4.69) is 113 Å². The maximum Gasteiger partial charge on any atom is 0.160 e. The SMILES string of the molecule is CN1C(c2ccc(-c3ccncc3)cc2)=NC(c2cccnc2)=NC1c1ccc(-c2ccncc2)cc1.CN1C(c2ccncc2)=NC(c2cccnc2)=NC1c1ccc(-c2ccncc2)cc1. The van der Waals surface area contributed by atoms with Gasteiger partial charge in [-0.2, -0.15) is 0 Å². The van der Waals surface area contributed by atoms with Gasteiger partial charge >= 0.3 is 0 Å². The van der Waals surface area contributed by atoms with Crippen molar-refractivity contribution in [3.05, 3.63) is 253 Å². The van der Waals surface area contributed by atoms with E-state index >= 15 is 0 Å². The molecular formula is C56H44N12. The van der Waals surface area contributed by atoms with E-state index in [1.807, 2.05) is 112 Å². The number of aromatic nitrogens is 6. The first-order valence-electron chi connectivity index (χ1n) is 22.1. The number of amidine groups is 4. The van der Waals surface area contributed by atoms with Crippen molar-refractivity contribution in [1.29, 1.82) is 0 Å². The van der Waals surface area contributed by atoms with E-state index in [1.54, 1.807) is 49.6 Å². The highest BCUT2D eigenvalue weighted by molar-refractivity contribution is 6.13. The van der Waals surface area contributed by atoms with Crippen LogP contribution in [0.1, 0.15) is 45.7 Å². The van der Waals surface area contributed by atoms with Crippen LogP contribution < -0.4 is 0 Å². The first-order valence-corrected chi connectivity index (χ1v) is 22.1. The molecule has 0 fully saturated rings. The van der Waals surface area contributed by atoms with Gasteiger partial charge in [0.2, 0.25) is 0 Å². The third-order valence-electron chi connectivity index (χ3n) is 11.7. The molecule has 0 amide bonds. The van der Waals surface area contributed by atoms with Crippen molar-refractivity contribution in [3.8, 4) is 33.4 Å². The Balaban J connectivity index is 0.000000161. The first kappa shape index (κ1) is 42.8. The fraction of sp³-hybridized carbons (Fsp3) is 0.0714. The van der Waals surface area contributed by atoms with Gasteiger partial charge in [0.05, 0.1) is 0 Å². The molecule has 11 rings (SSSR count). The molecule has 0 saturated heterocycles. The predicted molar refractivity (Wildman–Crippen MR) is 269 cm³/mol. The molecule has 0 saturated carbocycles. The van der Waals surface area contributed by atoms with Gasteiger partial charge in [-0.25, -0.2) is 20.0 Å². The third-order valence-corrected chi connectivity index (χ3v) is 11.7. The number of aliphatic imine (C=N–C) groups is 4. The zero-order chi connectivity index (χ0) is 46.1. The molecule has 68 heavy (non-hydrogen) atoms. The lowest BCUT2D eigenvalue weighted by Gasteiger charge is -2.32. The topological polar surface area (TPSA) is 133 Å². The molecule has 8 heterocycles. The molecule has 0 bridgehead atoms. The van der Waals surface area contributed by atoms with E-state index < -0.39 is 0 Å². The summed E-state index contributed by atoms with van der Waals surface area (Å²) in [4.78, 5) is 49.1. The van der Waals surface area contributed by atoms with E-state index in [0.29, 0.717) is 11.7 Å². The highest BCUT2D eigenvalue weighted by Gasteiger charge is 2.28. The van der Waals surface area contributed by atoms with Crippen LogP contribution in [0.15, 0.2) is 240 Å². The van der Waals surface area contributed by atoms with Crippen molar-refractivity contribution in [2.45, 2.75) is 12.3 Å². The summed E-state index contributed by atoms with van der Waals surface area (Å²) in [6.07, 6.45) is 21.1. The van der Waals surface area contributed by atoms with Crippen LogP contribution in [0.25, 0.3) is 33.4 Å². The van der Waals surface area contributed by atoms with Crippen LogP contribution in [0.4, 0.5) is 0 Å². The van der Waals surface area contributed by atoms with Crippen molar-refractivity contribution in [1.82, 2.24) is 39.7 Å². The minimum absolute atomic E-state index is 0.206. The van der Waals surface area contributed by atoms with Gasteiger partial charge in [0.15, 0.2) is 11.7 Å². The van der Waals surface area contributed by atoms with Crippen LogP contribution in [-0.2, 0) is 0 Å². The molecular weight excluding hydrogens is 841 g/mol. The van der Waals surface area contributed by atoms with Gasteiger partial charge in [-0.3, -0.25) is 29.9 Å². The molecule has 12 nitrogen and oxygen atoms in total. The average Bonchev–Trinajstić information content (AvgIpc) is 3.43. The molecule has 3 aromatic carbocycles. The lowest BCUT2D eigenvalue weighted by Crippen LogP contribution is -2.35. The molecule has 2 aliphatic rings. The molecule has 2 aliphatic heterocycles. The number of benzene rings is 3. The number of hydrogen-bond donors (Lipinski definition) is 0. The van der Waals surface area contributed by atoms with Crippen molar-refractivity contribution in [3.63, 3.8) is 0 Å².